The number of sulfonamides is 1. The van der Waals surface area contributed by atoms with Gasteiger partial charge in [-0.15, -0.1) is 0 Å². The minimum Gasteiger partial charge on any atom is -0.489 e. The SMILES string of the molecule is CS(=O)(=O)NC1CCC(CCOc2c(F)ccc3nc(C(=O)NCc4ccc(F)c(Cl)c4)[nH]c(=O)c23)OC1. The first kappa shape index (κ1) is 27.9. The number of aromatic nitrogens is 2. The van der Waals surface area contributed by atoms with Gasteiger partial charge < -0.3 is 19.8 Å². The molecule has 2 heterocycles. The molecule has 0 saturated carbocycles. The minimum atomic E-state index is -3.33. The van der Waals surface area contributed by atoms with Gasteiger partial charge in [0.05, 0.1) is 36.1 Å². The molecule has 1 fully saturated rings. The maximum atomic E-state index is 14.6. The van der Waals surface area contributed by atoms with Crippen molar-refractivity contribution in [2.45, 2.75) is 38.0 Å². The van der Waals surface area contributed by atoms with E-state index >= 15 is 0 Å². The van der Waals surface area contributed by atoms with Crippen molar-refractivity contribution in [3.63, 3.8) is 0 Å². The van der Waals surface area contributed by atoms with Crippen molar-refractivity contribution in [3.8, 4) is 5.75 Å². The first-order valence-corrected chi connectivity index (χ1v) is 13.9. The molecule has 4 rings (SSSR count). The average molecular weight is 571 g/mol. The Bertz CT molecular complexity index is 1510. The lowest BCUT2D eigenvalue weighted by molar-refractivity contribution is -0.00878. The standard InChI is InChI=1S/C24H25ClF2N4O6S/c1-38(34,35)31-14-3-4-15(37-12-14)8-9-36-21-18(27)6-7-19-20(21)23(32)30-22(29-19)24(33)28-11-13-2-5-17(26)16(25)10-13/h2,5-7,10,14-15,31H,3-4,8-9,11-12H2,1H3,(H,28,33)(H,29,30,32). The normalized spacial score (nSPS) is 17.9. The molecule has 1 amide bonds. The van der Waals surface area contributed by atoms with Gasteiger partial charge in [-0.3, -0.25) is 9.59 Å². The van der Waals surface area contributed by atoms with Crippen molar-refractivity contribution >= 4 is 38.4 Å². The molecule has 1 aliphatic rings. The Morgan fingerprint density at radius 2 is 2.00 bits per heavy atom. The third-order valence-electron chi connectivity index (χ3n) is 5.87. The minimum absolute atomic E-state index is 0.00661. The molecule has 0 radical (unpaired) electrons. The van der Waals surface area contributed by atoms with Crippen molar-refractivity contribution < 1.29 is 31.5 Å². The lowest BCUT2D eigenvalue weighted by Crippen LogP contribution is -2.42. The van der Waals surface area contributed by atoms with E-state index in [2.05, 4.69) is 20.0 Å². The molecule has 10 nitrogen and oxygen atoms in total. The van der Waals surface area contributed by atoms with E-state index in [9.17, 15) is 26.8 Å². The quantitative estimate of drug-likeness (QED) is 0.359. The summed E-state index contributed by atoms with van der Waals surface area (Å²) < 4.78 is 64.4. The number of H-pyrrole nitrogens is 1. The molecule has 0 spiro atoms. The predicted molar refractivity (Wildman–Crippen MR) is 136 cm³/mol. The van der Waals surface area contributed by atoms with E-state index in [1.165, 1.54) is 24.3 Å². The van der Waals surface area contributed by atoms with Gasteiger partial charge in [-0.05, 0) is 42.7 Å². The van der Waals surface area contributed by atoms with E-state index in [0.29, 0.717) is 24.8 Å². The summed E-state index contributed by atoms with van der Waals surface area (Å²) in [7, 11) is -3.33. The first-order chi connectivity index (χ1) is 18.0. The smallest absolute Gasteiger partial charge is 0.287 e. The first-order valence-electron chi connectivity index (χ1n) is 11.7. The average Bonchev–Trinajstić information content (AvgIpc) is 2.86. The Morgan fingerprint density at radius 1 is 1.24 bits per heavy atom. The molecule has 2 atom stereocenters. The van der Waals surface area contributed by atoms with E-state index in [1.54, 1.807) is 0 Å². The van der Waals surface area contributed by atoms with Crippen LogP contribution in [-0.2, 0) is 21.3 Å². The Hall–Kier alpha value is -3.13. The number of ether oxygens (including phenoxy) is 2. The largest absolute Gasteiger partial charge is 0.489 e. The lowest BCUT2D eigenvalue weighted by Gasteiger charge is -2.29. The van der Waals surface area contributed by atoms with Crippen LogP contribution in [0.2, 0.25) is 5.02 Å². The molecule has 204 valence electrons. The summed E-state index contributed by atoms with van der Waals surface area (Å²) in [5, 5.41) is 2.32. The molecule has 0 bridgehead atoms. The van der Waals surface area contributed by atoms with Gasteiger partial charge in [0.25, 0.3) is 11.5 Å². The second-order valence-electron chi connectivity index (χ2n) is 8.87. The molecular weight excluding hydrogens is 546 g/mol. The number of hydrogen-bond acceptors (Lipinski definition) is 7. The summed E-state index contributed by atoms with van der Waals surface area (Å²) in [5.41, 5.74) is -0.165. The fourth-order valence-electron chi connectivity index (χ4n) is 4.06. The highest BCUT2D eigenvalue weighted by Crippen LogP contribution is 2.26. The molecule has 2 unspecified atom stereocenters. The summed E-state index contributed by atoms with van der Waals surface area (Å²) >= 11 is 5.75. The van der Waals surface area contributed by atoms with Crippen LogP contribution in [0.5, 0.6) is 5.75 Å². The number of benzene rings is 2. The van der Waals surface area contributed by atoms with Gasteiger partial charge in [0.2, 0.25) is 10.0 Å². The number of nitrogens with one attached hydrogen (secondary N) is 3. The van der Waals surface area contributed by atoms with Crippen LogP contribution in [0.1, 0.15) is 35.4 Å². The van der Waals surface area contributed by atoms with E-state index in [-0.39, 0.29) is 59.4 Å². The van der Waals surface area contributed by atoms with Crippen LogP contribution in [0.3, 0.4) is 0 Å². The van der Waals surface area contributed by atoms with Gasteiger partial charge >= 0.3 is 0 Å². The Labute approximate surface area is 221 Å². The molecule has 3 N–H and O–H groups in total. The number of carbonyl (C=O) groups is 1. The monoisotopic (exact) mass is 570 g/mol. The Morgan fingerprint density at radius 3 is 2.68 bits per heavy atom. The zero-order chi connectivity index (χ0) is 27.4. The molecular formula is C24H25ClF2N4O6S. The van der Waals surface area contributed by atoms with Gasteiger partial charge in [-0.1, -0.05) is 17.7 Å². The number of aromatic amines is 1. The second kappa shape index (κ2) is 11.7. The topological polar surface area (TPSA) is 139 Å². The van der Waals surface area contributed by atoms with E-state index in [4.69, 9.17) is 21.1 Å². The van der Waals surface area contributed by atoms with Crippen LogP contribution in [0.4, 0.5) is 8.78 Å². The zero-order valence-electron chi connectivity index (χ0n) is 20.2. The number of nitrogens with zero attached hydrogens (tertiary/aromatic N) is 1. The number of amides is 1. The lowest BCUT2D eigenvalue weighted by atomic mass is 10.0. The summed E-state index contributed by atoms with van der Waals surface area (Å²) in [4.78, 5) is 31.8. The molecule has 2 aromatic carbocycles. The third kappa shape index (κ3) is 7.04. The van der Waals surface area contributed by atoms with Crippen LogP contribution >= 0.6 is 11.6 Å². The van der Waals surface area contributed by atoms with Crippen molar-refractivity contribution in [1.29, 1.82) is 0 Å². The maximum absolute atomic E-state index is 14.6. The van der Waals surface area contributed by atoms with Crippen LogP contribution in [0.25, 0.3) is 10.9 Å². The van der Waals surface area contributed by atoms with Crippen molar-refractivity contribution in [2.24, 2.45) is 0 Å². The van der Waals surface area contributed by atoms with E-state index < -0.39 is 33.1 Å². The highest BCUT2D eigenvalue weighted by atomic mass is 35.5. The summed E-state index contributed by atoms with van der Waals surface area (Å²) in [6, 6.07) is 6.04. The molecule has 14 heteroatoms. The molecule has 0 aliphatic carbocycles. The summed E-state index contributed by atoms with van der Waals surface area (Å²) in [6.07, 6.45) is 2.43. The van der Waals surface area contributed by atoms with Crippen LogP contribution < -0.4 is 20.3 Å². The summed E-state index contributed by atoms with van der Waals surface area (Å²) in [6.45, 7) is 0.252. The van der Waals surface area contributed by atoms with Gasteiger partial charge in [-0.2, -0.15) is 0 Å². The van der Waals surface area contributed by atoms with Crippen molar-refractivity contribution in [1.82, 2.24) is 20.0 Å². The van der Waals surface area contributed by atoms with Gasteiger partial charge in [0, 0.05) is 19.0 Å². The second-order valence-corrected chi connectivity index (χ2v) is 11.1. The van der Waals surface area contributed by atoms with E-state index in [0.717, 1.165) is 12.3 Å². The number of rotatable bonds is 9. The summed E-state index contributed by atoms with van der Waals surface area (Å²) in [5.74, 6) is -2.64. The molecule has 38 heavy (non-hydrogen) atoms. The molecule has 3 aromatic rings. The number of fused-ring (bicyclic) bond motifs is 1. The van der Waals surface area contributed by atoms with E-state index in [1.807, 2.05) is 0 Å². The van der Waals surface area contributed by atoms with Crippen molar-refractivity contribution in [2.75, 3.05) is 19.5 Å². The fourth-order valence-corrected chi connectivity index (χ4v) is 5.06. The number of halogens is 3. The highest BCUT2D eigenvalue weighted by Gasteiger charge is 2.24. The maximum Gasteiger partial charge on any atom is 0.287 e. The Kier molecular flexibility index (Phi) is 8.61. The van der Waals surface area contributed by atoms with Gasteiger partial charge in [0.1, 0.15) is 11.2 Å². The van der Waals surface area contributed by atoms with Crippen LogP contribution in [0, 0.1) is 11.6 Å². The van der Waals surface area contributed by atoms with Crippen LogP contribution in [-0.4, -0.2) is 55.9 Å². The van der Waals surface area contributed by atoms with Crippen LogP contribution in [0.15, 0.2) is 35.1 Å². The van der Waals surface area contributed by atoms with Gasteiger partial charge in [0.15, 0.2) is 17.4 Å². The van der Waals surface area contributed by atoms with Crippen molar-refractivity contribution in [3.05, 3.63) is 68.7 Å². The predicted octanol–water partition coefficient (Wildman–Crippen LogP) is 2.65. The molecule has 1 aliphatic heterocycles. The molecule has 1 saturated heterocycles. The highest BCUT2D eigenvalue weighted by molar-refractivity contribution is 7.88. The fraction of sp³-hybridized carbons (Fsp3) is 0.375. The Balaban J connectivity index is 1.40. The number of carbonyl (C=O) groups excluding carboxylic acids is 1. The zero-order valence-corrected chi connectivity index (χ0v) is 21.8. The number of hydrogen-bond donors (Lipinski definition) is 3. The van der Waals surface area contributed by atoms with Gasteiger partial charge in [-0.25, -0.2) is 26.9 Å². The third-order valence-corrected chi connectivity index (χ3v) is 6.92. The molecule has 1 aromatic heterocycles.